The molecule has 0 aromatic carbocycles. The van der Waals surface area contributed by atoms with Gasteiger partial charge in [-0.3, -0.25) is 0 Å². The van der Waals surface area contributed by atoms with Crippen LogP contribution in [0.1, 0.15) is 19.6 Å². The van der Waals surface area contributed by atoms with E-state index < -0.39 is 10.0 Å². The Morgan fingerprint density at radius 1 is 1.58 bits per heavy atom. The van der Waals surface area contributed by atoms with E-state index >= 15 is 0 Å². The Morgan fingerprint density at radius 3 is 2.63 bits per heavy atom. The van der Waals surface area contributed by atoms with Crippen molar-refractivity contribution in [2.75, 3.05) is 20.3 Å². The Balaban J connectivity index is 3.16. The summed E-state index contributed by atoms with van der Waals surface area (Å²) in [6.45, 7) is 4.24. The predicted octanol–water partition coefficient (Wildman–Crippen LogP) is 2.83. The van der Waals surface area contributed by atoms with Gasteiger partial charge in [0.05, 0.1) is 12.5 Å². The van der Waals surface area contributed by atoms with Crippen LogP contribution in [0.2, 0.25) is 0 Å². The molecule has 5 nitrogen and oxygen atoms in total. The van der Waals surface area contributed by atoms with Gasteiger partial charge in [-0.15, -0.1) is 11.6 Å². The van der Waals surface area contributed by atoms with E-state index in [-0.39, 0.29) is 21.5 Å². The molecule has 1 rings (SSSR count). The summed E-state index contributed by atoms with van der Waals surface area (Å²) < 4.78 is 36.9. The number of halogens is 2. The van der Waals surface area contributed by atoms with Gasteiger partial charge in [0.25, 0.3) is 0 Å². The van der Waals surface area contributed by atoms with E-state index in [1.165, 1.54) is 17.5 Å². The number of alkyl halides is 1. The summed E-state index contributed by atoms with van der Waals surface area (Å²) in [6.07, 6.45) is 0. The summed E-state index contributed by atoms with van der Waals surface area (Å²) in [6, 6.07) is 1.18. The quantitative estimate of drug-likeness (QED) is 0.689. The minimum Gasteiger partial charge on any atom is -0.452 e. The first-order valence-corrected chi connectivity index (χ1v) is 8.50. The molecule has 1 atom stereocenters. The second-order valence-electron chi connectivity index (χ2n) is 4.00. The van der Waals surface area contributed by atoms with Gasteiger partial charge in [0, 0.05) is 25.8 Å². The summed E-state index contributed by atoms with van der Waals surface area (Å²) in [4.78, 5) is 0.0907. The highest BCUT2D eigenvalue weighted by Gasteiger charge is 2.31. The van der Waals surface area contributed by atoms with Gasteiger partial charge < -0.3 is 9.15 Å². The number of sulfonamides is 1. The zero-order valence-corrected chi connectivity index (χ0v) is 14.2. The van der Waals surface area contributed by atoms with Gasteiger partial charge in [-0.2, -0.15) is 4.31 Å². The lowest BCUT2D eigenvalue weighted by atomic mass is 10.4. The molecule has 0 aliphatic carbocycles. The van der Waals surface area contributed by atoms with E-state index in [0.717, 1.165) is 0 Å². The maximum atomic E-state index is 12.6. The molecule has 0 fully saturated rings. The predicted molar refractivity (Wildman–Crippen MR) is 76.9 cm³/mol. The molecule has 1 aromatic rings. The van der Waals surface area contributed by atoms with Crippen LogP contribution in [-0.4, -0.2) is 39.0 Å². The number of ether oxygens (including phenoxy) is 1. The minimum absolute atomic E-state index is 0.0907. The van der Waals surface area contributed by atoms with Gasteiger partial charge in [-0.1, -0.05) is 6.92 Å². The van der Waals surface area contributed by atoms with Crippen LogP contribution in [0.3, 0.4) is 0 Å². The fourth-order valence-corrected chi connectivity index (χ4v) is 4.53. The molecule has 0 N–H and O–H groups in total. The summed E-state index contributed by atoms with van der Waals surface area (Å²) in [7, 11) is -2.10. The number of hydrogen-bond acceptors (Lipinski definition) is 4. The first-order chi connectivity index (χ1) is 8.88. The summed E-state index contributed by atoms with van der Waals surface area (Å²) in [5, 5.41) is 0. The highest BCUT2D eigenvalue weighted by Crippen LogP contribution is 2.30. The van der Waals surface area contributed by atoms with Crippen molar-refractivity contribution in [1.29, 1.82) is 0 Å². The standard InChI is InChI=1S/C11H17BrClNO4S/c1-4-14(8(2)7-17-3)19(15,16)10-5-9(6-13)18-11(10)12/h5,8H,4,6-7H2,1-3H3. The van der Waals surface area contributed by atoms with E-state index in [9.17, 15) is 8.42 Å². The molecule has 0 saturated heterocycles. The molecule has 0 saturated carbocycles. The SMILES string of the molecule is CCN(C(C)COC)S(=O)(=O)c1cc(CCl)oc1Br. The Hall–Kier alpha value is -0.0800. The summed E-state index contributed by atoms with van der Waals surface area (Å²) in [5.41, 5.74) is 0. The van der Waals surface area contributed by atoms with E-state index in [1.807, 2.05) is 0 Å². The topological polar surface area (TPSA) is 59.8 Å². The van der Waals surface area contributed by atoms with Crippen molar-refractivity contribution >= 4 is 37.6 Å². The van der Waals surface area contributed by atoms with Crippen LogP contribution in [0.25, 0.3) is 0 Å². The molecule has 0 radical (unpaired) electrons. The first-order valence-electron chi connectivity index (χ1n) is 5.73. The summed E-state index contributed by atoms with van der Waals surface area (Å²) >= 11 is 8.76. The molecule has 1 aromatic heterocycles. The minimum atomic E-state index is -3.64. The fourth-order valence-electron chi connectivity index (χ4n) is 1.81. The average Bonchev–Trinajstić information content (AvgIpc) is 2.72. The van der Waals surface area contributed by atoms with Gasteiger partial charge in [0.1, 0.15) is 10.7 Å². The third-order valence-electron chi connectivity index (χ3n) is 2.64. The Labute approximate surface area is 127 Å². The molecule has 8 heteroatoms. The van der Waals surface area contributed by atoms with Crippen LogP contribution >= 0.6 is 27.5 Å². The monoisotopic (exact) mass is 373 g/mol. The van der Waals surface area contributed by atoms with Gasteiger partial charge >= 0.3 is 0 Å². The number of hydrogen-bond donors (Lipinski definition) is 0. The second kappa shape index (κ2) is 7.08. The average molecular weight is 375 g/mol. The van der Waals surface area contributed by atoms with E-state index in [2.05, 4.69) is 15.9 Å². The molecule has 0 spiro atoms. The maximum Gasteiger partial charge on any atom is 0.247 e. The van der Waals surface area contributed by atoms with Gasteiger partial charge in [0.2, 0.25) is 10.0 Å². The van der Waals surface area contributed by atoms with Crippen molar-refractivity contribution in [1.82, 2.24) is 4.31 Å². The van der Waals surface area contributed by atoms with Crippen LogP contribution in [-0.2, 0) is 20.6 Å². The molecule has 110 valence electrons. The van der Waals surface area contributed by atoms with E-state index in [0.29, 0.717) is 18.9 Å². The van der Waals surface area contributed by atoms with Crippen LogP contribution < -0.4 is 0 Å². The third-order valence-corrected chi connectivity index (χ3v) is 5.85. The molecule has 0 bridgehead atoms. The molecule has 0 amide bonds. The van der Waals surface area contributed by atoms with Gasteiger partial charge in [-0.05, 0) is 22.9 Å². The van der Waals surface area contributed by atoms with Crippen LogP contribution in [0, 0.1) is 0 Å². The van der Waals surface area contributed by atoms with Crippen LogP contribution in [0.5, 0.6) is 0 Å². The number of nitrogens with zero attached hydrogens (tertiary/aromatic N) is 1. The zero-order chi connectivity index (χ0) is 14.6. The lowest BCUT2D eigenvalue weighted by Crippen LogP contribution is -2.40. The highest BCUT2D eigenvalue weighted by atomic mass is 79.9. The Bertz CT molecular complexity index is 517. The normalized spacial score (nSPS) is 14.0. The molecule has 1 unspecified atom stereocenters. The molecule has 0 aliphatic rings. The molecule has 19 heavy (non-hydrogen) atoms. The lowest BCUT2D eigenvalue weighted by molar-refractivity contribution is 0.142. The number of methoxy groups -OCH3 is 1. The fraction of sp³-hybridized carbons (Fsp3) is 0.636. The van der Waals surface area contributed by atoms with Crippen molar-refractivity contribution in [2.45, 2.75) is 30.7 Å². The van der Waals surface area contributed by atoms with Gasteiger partial charge in [0.15, 0.2) is 4.67 Å². The van der Waals surface area contributed by atoms with Crippen molar-refractivity contribution in [3.8, 4) is 0 Å². The molecule has 1 heterocycles. The second-order valence-corrected chi connectivity index (χ2v) is 6.84. The smallest absolute Gasteiger partial charge is 0.247 e. The molecular weight excluding hydrogens is 358 g/mol. The Morgan fingerprint density at radius 2 is 2.21 bits per heavy atom. The van der Waals surface area contributed by atoms with Crippen molar-refractivity contribution in [3.63, 3.8) is 0 Å². The molecular formula is C11H17BrClNO4S. The van der Waals surface area contributed by atoms with Crippen molar-refractivity contribution < 1.29 is 17.6 Å². The van der Waals surface area contributed by atoms with Crippen LogP contribution in [0.15, 0.2) is 20.0 Å². The van der Waals surface area contributed by atoms with Crippen molar-refractivity contribution in [3.05, 3.63) is 16.5 Å². The van der Waals surface area contributed by atoms with E-state index in [4.69, 9.17) is 20.8 Å². The highest BCUT2D eigenvalue weighted by molar-refractivity contribution is 9.10. The van der Waals surface area contributed by atoms with Gasteiger partial charge in [-0.25, -0.2) is 8.42 Å². The maximum absolute atomic E-state index is 12.6. The van der Waals surface area contributed by atoms with Crippen molar-refractivity contribution in [2.24, 2.45) is 0 Å². The number of rotatable bonds is 7. The zero-order valence-electron chi connectivity index (χ0n) is 11.0. The number of furan rings is 1. The lowest BCUT2D eigenvalue weighted by Gasteiger charge is -2.26. The number of likely N-dealkylation sites (N-methyl/N-ethyl adjacent to an activating group) is 1. The summed E-state index contributed by atoms with van der Waals surface area (Å²) in [5.74, 6) is 0.524. The van der Waals surface area contributed by atoms with E-state index in [1.54, 1.807) is 13.8 Å². The largest absolute Gasteiger partial charge is 0.452 e. The van der Waals surface area contributed by atoms with Crippen LogP contribution in [0.4, 0.5) is 0 Å². The third kappa shape index (κ3) is 3.72. The first kappa shape index (κ1) is 17.0. The Kier molecular flexibility index (Phi) is 6.32. The molecule has 0 aliphatic heterocycles.